The number of aryl methyl sites for hydroxylation is 3. The number of aromatic nitrogens is 2. The molecule has 114 valence electrons. The number of nitrogens with zero attached hydrogens (tertiary/aromatic N) is 2. The van der Waals surface area contributed by atoms with Crippen LogP contribution >= 0.6 is 11.6 Å². The van der Waals surface area contributed by atoms with Gasteiger partial charge in [0.2, 0.25) is 0 Å². The van der Waals surface area contributed by atoms with Crippen LogP contribution in [0.4, 0.5) is 0 Å². The Morgan fingerprint density at radius 2 is 1.74 bits per heavy atom. The fraction of sp³-hybridized carbons (Fsp3) is 0.158. The van der Waals surface area contributed by atoms with Crippen molar-refractivity contribution in [2.24, 2.45) is 0 Å². The average Bonchev–Trinajstić information content (AvgIpc) is 2.53. The first-order valence-corrected chi connectivity index (χ1v) is 7.87. The molecule has 0 aliphatic rings. The molecule has 0 saturated carbocycles. The Labute approximate surface area is 138 Å². The second-order valence-corrected chi connectivity index (χ2v) is 6.43. The molecule has 0 unspecified atom stereocenters. The smallest absolute Gasteiger partial charge is 0.265 e. The Bertz CT molecular complexity index is 1180. The summed E-state index contributed by atoms with van der Waals surface area (Å²) in [4.78, 5) is 17.8. The van der Waals surface area contributed by atoms with Gasteiger partial charge in [-0.2, -0.15) is 0 Å². The van der Waals surface area contributed by atoms with Crippen LogP contribution in [-0.4, -0.2) is 9.38 Å². The van der Waals surface area contributed by atoms with E-state index in [9.17, 15) is 4.79 Å². The van der Waals surface area contributed by atoms with Crippen molar-refractivity contribution < 1.29 is 0 Å². The van der Waals surface area contributed by atoms with Gasteiger partial charge >= 0.3 is 0 Å². The van der Waals surface area contributed by atoms with Gasteiger partial charge < -0.3 is 0 Å². The molecule has 0 bridgehead atoms. The van der Waals surface area contributed by atoms with E-state index < -0.39 is 0 Å². The van der Waals surface area contributed by atoms with E-state index in [1.807, 2.05) is 57.2 Å². The minimum absolute atomic E-state index is 0.0313. The van der Waals surface area contributed by atoms with Crippen LogP contribution in [0.1, 0.15) is 16.8 Å². The number of pyridine rings is 1. The Hall–Kier alpha value is -2.39. The predicted octanol–water partition coefficient (Wildman–Crippen LogP) is 4.58. The van der Waals surface area contributed by atoms with Gasteiger partial charge in [0, 0.05) is 16.1 Å². The minimum atomic E-state index is -0.0313. The van der Waals surface area contributed by atoms with E-state index >= 15 is 0 Å². The van der Waals surface area contributed by atoms with E-state index in [0.717, 1.165) is 27.6 Å². The van der Waals surface area contributed by atoms with Gasteiger partial charge in [-0.1, -0.05) is 29.3 Å². The number of hydrogen-bond acceptors (Lipinski definition) is 2. The number of halogens is 1. The predicted molar refractivity (Wildman–Crippen MR) is 95.7 cm³/mol. The molecular weight excluding hydrogens is 308 g/mol. The Morgan fingerprint density at radius 3 is 2.52 bits per heavy atom. The summed E-state index contributed by atoms with van der Waals surface area (Å²) in [7, 11) is 0. The highest BCUT2D eigenvalue weighted by Gasteiger charge is 2.14. The summed E-state index contributed by atoms with van der Waals surface area (Å²) in [5, 5.41) is 3.26. The topological polar surface area (TPSA) is 34.4 Å². The average molecular weight is 323 g/mol. The largest absolute Gasteiger partial charge is 0.268 e. The van der Waals surface area contributed by atoms with Gasteiger partial charge in [-0.3, -0.25) is 9.20 Å². The van der Waals surface area contributed by atoms with Crippen LogP contribution in [0.25, 0.3) is 27.3 Å². The maximum absolute atomic E-state index is 13.0. The summed E-state index contributed by atoms with van der Waals surface area (Å²) in [5.74, 6) is 0. The number of fused-ring (bicyclic) bond motifs is 4. The van der Waals surface area contributed by atoms with Crippen molar-refractivity contribution >= 4 is 38.9 Å². The van der Waals surface area contributed by atoms with Crippen LogP contribution in [0.2, 0.25) is 5.02 Å². The van der Waals surface area contributed by atoms with Gasteiger partial charge in [0.25, 0.3) is 5.56 Å². The normalized spacial score (nSPS) is 11.7. The summed E-state index contributed by atoms with van der Waals surface area (Å²) in [5.41, 5.74) is 4.37. The first-order chi connectivity index (χ1) is 11.0. The molecule has 0 saturated heterocycles. The van der Waals surface area contributed by atoms with Crippen LogP contribution in [0.15, 0.2) is 41.2 Å². The fourth-order valence-corrected chi connectivity index (χ4v) is 3.35. The van der Waals surface area contributed by atoms with E-state index in [-0.39, 0.29) is 5.56 Å². The van der Waals surface area contributed by atoms with E-state index in [0.29, 0.717) is 21.6 Å². The summed E-state index contributed by atoms with van der Waals surface area (Å²) >= 11 is 6.17. The zero-order valence-corrected chi connectivity index (χ0v) is 13.9. The lowest BCUT2D eigenvalue weighted by Crippen LogP contribution is -2.19. The maximum Gasteiger partial charge on any atom is 0.265 e. The molecule has 0 radical (unpaired) electrons. The first kappa shape index (κ1) is 14.2. The maximum atomic E-state index is 13.0. The zero-order valence-electron chi connectivity index (χ0n) is 13.1. The van der Waals surface area contributed by atoms with E-state index in [1.54, 1.807) is 4.40 Å². The molecule has 4 aromatic rings. The fourth-order valence-electron chi connectivity index (χ4n) is 3.18. The van der Waals surface area contributed by atoms with Crippen molar-refractivity contribution in [3.8, 4) is 0 Å². The lowest BCUT2D eigenvalue weighted by molar-refractivity contribution is 1.01. The summed E-state index contributed by atoms with van der Waals surface area (Å²) in [6.07, 6.45) is 0. The van der Waals surface area contributed by atoms with Crippen molar-refractivity contribution in [1.29, 1.82) is 0 Å². The van der Waals surface area contributed by atoms with E-state index in [1.165, 1.54) is 0 Å². The van der Waals surface area contributed by atoms with Gasteiger partial charge in [-0.05, 0) is 56.0 Å². The van der Waals surface area contributed by atoms with Gasteiger partial charge in [0.1, 0.15) is 5.65 Å². The molecule has 0 fully saturated rings. The monoisotopic (exact) mass is 322 g/mol. The second kappa shape index (κ2) is 4.80. The van der Waals surface area contributed by atoms with Gasteiger partial charge in [-0.25, -0.2) is 4.98 Å². The highest BCUT2D eigenvalue weighted by atomic mass is 35.5. The molecule has 23 heavy (non-hydrogen) atoms. The van der Waals surface area contributed by atoms with Gasteiger partial charge in [0.15, 0.2) is 0 Å². The molecule has 0 amide bonds. The first-order valence-electron chi connectivity index (χ1n) is 7.49. The highest BCUT2D eigenvalue weighted by molar-refractivity contribution is 6.31. The number of rotatable bonds is 0. The van der Waals surface area contributed by atoms with Crippen LogP contribution in [-0.2, 0) is 0 Å². The standard InChI is InChI=1S/C19H15ClN2O/c1-10-4-7-17-16(8-10)19(23)22-12(3)11(2)14-6-5-13(20)9-15(14)18(22)21-17/h4-9H,1-3H3. The zero-order chi connectivity index (χ0) is 16.3. The van der Waals surface area contributed by atoms with Crippen LogP contribution in [0, 0.1) is 20.8 Å². The molecule has 2 aromatic carbocycles. The SMILES string of the molecule is Cc1ccc2nc3c4cc(Cl)ccc4c(C)c(C)n3c(=O)c2c1. The van der Waals surface area contributed by atoms with Crippen molar-refractivity contribution in [1.82, 2.24) is 9.38 Å². The second-order valence-electron chi connectivity index (χ2n) is 6.00. The van der Waals surface area contributed by atoms with Crippen LogP contribution in [0.5, 0.6) is 0 Å². The third kappa shape index (κ3) is 1.97. The van der Waals surface area contributed by atoms with Crippen LogP contribution in [0.3, 0.4) is 0 Å². The molecule has 4 heteroatoms. The van der Waals surface area contributed by atoms with Crippen molar-refractivity contribution in [2.75, 3.05) is 0 Å². The van der Waals surface area contributed by atoms with Gasteiger partial charge in [0.05, 0.1) is 10.9 Å². The third-order valence-corrected chi connectivity index (χ3v) is 4.76. The van der Waals surface area contributed by atoms with E-state index in [2.05, 4.69) is 0 Å². The Morgan fingerprint density at radius 1 is 0.957 bits per heavy atom. The molecule has 2 heterocycles. The molecule has 4 rings (SSSR count). The molecule has 2 aromatic heterocycles. The molecule has 0 N–H and O–H groups in total. The summed E-state index contributed by atoms with van der Waals surface area (Å²) < 4.78 is 1.70. The molecule has 0 atom stereocenters. The number of benzene rings is 2. The van der Waals surface area contributed by atoms with Crippen molar-refractivity contribution in [2.45, 2.75) is 20.8 Å². The lowest BCUT2D eigenvalue weighted by atomic mass is 10.0. The Balaban J connectivity index is 2.38. The van der Waals surface area contributed by atoms with E-state index in [4.69, 9.17) is 16.6 Å². The van der Waals surface area contributed by atoms with Crippen molar-refractivity contribution in [3.63, 3.8) is 0 Å². The molecule has 0 spiro atoms. The molecule has 3 nitrogen and oxygen atoms in total. The third-order valence-electron chi connectivity index (χ3n) is 4.53. The number of hydrogen-bond donors (Lipinski definition) is 0. The van der Waals surface area contributed by atoms with Gasteiger partial charge in [-0.15, -0.1) is 0 Å². The summed E-state index contributed by atoms with van der Waals surface area (Å²) in [6.45, 7) is 5.96. The quantitative estimate of drug-likeness (QED) is 0.351. The van der Waals surface area contributed by atoms with Crippen molar-refractivity contribution in [3.05, 3.63) is 68.6 Å². The molecule has 0 aliphatic heterocycles. The Kier molecular flexibility index (Phi) is 2.97. The summed E-state index contributed by atoms with van der Waals surface area (Å²) in [6, 6.07) is 11.5. The minimum Gasteiger partial charge on any atom is -0.268 e. The molecule has 0 aliphatic carbocycles. The molecular formula is C19H15ClN2O. The van der Waals surface area contributed by atoms with Crippen LogP contribution < -0.4 is 5.56 Å². The highest BCUT2D eigenvalue weighted by Crippen LogP contribution is 2.28. The lowest BCUT2D eigenvalue weighted by Gasteiger charge is -2.14.